The van der Waals surface area contributed by atoms with Crippen LogP contribution >= 0.6 is 0 Å². The molecule has 0 aromatic heterocycles. The SMILES string of the molecule is C#Cc1cc2ccc1CCc1ccc(cc1C#CC#Cc1ccccc1)CC2. The second-order valence-electron chi connectivity index (χ2n) is 6.99. The highest BCUT2D eigenvalue weighted by Gasteiger charge is 2.09. The number of terminal acetylenes is 1. The lowest BCUT2D eigenvalue weighted by Crippen LogP contribution is -2.02. The van der Waals surface area contributed by atoms with Gasteiger partial charge in [-0.1, -0.05) is 60.2 Å². The smallest absolute Gasteiger partial charge is 0.0290 e. The van der Waals surface area contributed by atoms with E-state index in [0.29, 0.717) is 0 Å². The van der Waals surface area contributed by atoms with Gasteiger partial charge in [0.25, 0.3) is 0 Å². The fourth-order valence-electron chi connectivity index (χ4n) is 3.53. The number of aryl methyl sites for hydroxylation is 4. The van der Waals surface area contributed by atoms with Gasteiger partial charge in [-0.3, -0.25) is 0 Å². The van der Waals surface area contributed by atoms with Crippen molar-refractivity contribution < 1.29 is 0 Å². The van der Waals surface area contributed by atoms with Gasteiger partial charge >= 0.3 is 0 Å². The summed E-state index contributed by atoms with van der Waals surface area (Å²) in [6, 6.07) is 23.2. The first-order valence-corrected chi connectivity index (χ1v) is 9.59. The van der Waals surface area contributed by atoms with Gasteiger partial charge < -0.3 is 0 Å². The number of hydrogen-bond donors (Lipinski definition) is 0. The van der Waals surface area contributed by atoms with E-state index in [0.717, 1.165) is 42.4 Å². The van der Waals surface area contributed by atoms with E-state index in [1.807, 2.05) is 30.3 Å². The van der Waals surface area contributed by atoms with Crippen LogP contribution in [-0.2, 0) is 25.7 Å². The van der Waals surface area contributed by atoms with Crippen LogP contribution < -0.4 is 0 Å². The minimum Gasteiger partial charge on any atom is -0.115 e. The third-order valence-electron chi connectivity index (χ3n) is 5.11. The lowest BCUT2D eigenvalue weighted by molar-refractivity contribution is 0.916. The minimum absolute atomic E-state index is 0.920. The molecule has 132 valence electrons. The van der Waals surface area contributed by atoms with E-state index >= 15 is 0 Å². The summed E-state index contributed by atoms with van der Waals surface area (Å²) in [5.41, 5.74) is 8.17. The molecule has 0 atom stereocenters. The van der Waals surface area contributed by atoms with Crippen molar-refractivity contribution in [3.63, 3.8) is 0 Å². The molecule has 0 nitrogen and oxygen atoms in total. The Bertz CT molecular complexity index is 1170. The fourth-order valence-corrected chi connectivity index (χ4v) is 3.53. The Kier molecular flexibility index (Phi) is 5.29. The van der Waals surface area contributed by atoms with Crippen molar-refractivity contribution in [3.8, 4) is 36.0 Å². The Balaban J connectivity index is 1.64. The molecule has 0 N–H and O–H groups in total. The number of hydrogen-bond acceptors (Lipinski definition) is 0. The van der Waals surface area contributed by atoms with E-state index in [1.54, 1.807) is 0 Å². The van der Waals surface area contributed by atoms with Crippen LogP contribution in [0.15, 0.2) is 66.7 Å². The molecule has 4 aliphatic rings. The molecule has 3 aromatic rings. The predicted molar refractivity (Wildman–Crippen MR) is 116 cm³/mol. The first-order chi connectivity index (χ1) is 13.8. The van der Waals surface area contributed by atoms with E-state index < -0.39 is 0 Å². The third kappa shape index (κ3) is 4.18. The van der Waals surface area contributed by atoms with Crippen LogP contribution in [0.4, 0.5) is 0 Å². The van der Waals surface area contributed by atoms with E-state index in [2.05, 4.69) is 66.0 Å². The van der Waals surface area contributed by atoms with Crippen molar-refractivity contribution in [3.05, 3.63) is 106 Å². The van der Waals surface area contributed by atoms with E-state index in [1.165, 1.54) is 22.3 Å². The van der Waals surface area contributed by atoms with Gasteiger partial charge in [0.05, 0.1) is 0 Å². The quantitative estimate of drug-likeness (QED) is 0.500. The number of benzene rings is 3. The van der Waals surface area contributed by atoms with Crippen LogP contribution in [-0.4, -0.2) is 0 Å². The van der Waals surface area contributed by atoms with Crippen LogP contribution in [0.5, 0.6) is 0 Å². The maximum atomic E-state index is 5.74. The van der Waals surface area contributed by atoms with Crippen molar-refractivity contribution >= 4 is 0 Å². The summed E-state index contributed by atoms with van der Waals surface area (Å²) in [4.78, 5) is 0. The van der Waals surface area contributed by atoms with Crippen LogP contribution in [0.1, 0.15) is 38.9 Å². The molecule has 0 saturated heterocycles. The van der Waals surface area contributed by atoms with Gasteiger partial charge in [0.15, 0.2) is 0 Å². The predicted octanol–water partition coefficient (Wildman–Crippen LogP) is 4.95. The molecule has 7 rings (SSSR count). The Morgan fingerprint density at radius 1 is 0.607 bits per heavy atom. The molecular formula is C28H20. The van der Waals surface area contributed by atoms with Gasteiger partial charge in [-0.15, -0.1) is 6.42 Å². The molecule has 0 unspecified atom stereocenters. The highest BCUT2D eigenvalue weighted by molar-refractivity contribution is 5.50. The molecule has 0 heterocycles. The largest absolute Gasteiger partial charge is 0.115 e. The molecule has 0 saturated carbocycles. The van der Waals surface area contributed by atoms with Crippen LogP contribution in [0.25, 0.3) is 0 Å². The number of rotatable bonds is 0. The lowest BCUT2D eigenvalue weighted by Gasteiger charge is -2.13. The van der Waals surface area contributed by atoms with Gasteiger partial charge in [0, 0.05) is 16.7 Å². The van der Waals surface area contributed by atoms with Gasteiger partial charge in [0.2, 0.25) is 0 Å². The van der Waals surface area contributed by atoms with E-state index in [-0.39, 0.29) is 0 Å². The molecule has 0 spiro atoms. The summed E-state index contributed by atoms with van der Waals surface area (Å²) in [5.74, 6) is 15.3. The summed E-state index contributed by atoms with van der Waals surface area (Å²) in [6.45, 7) is 0. The van der Waals surface area contributed by atoms with Crippen molar-refractivity contribution in [2.75, 3.05) is 0 Å². The summed E-state index contributed by atoms with van der Waals surface area (Å²) in [7, 11) is 0. The maximum absolute atomic E-state index is 5.74. The van der Waals surface area contributed by atoms with Gasteiger partial charge in [-0.05, 0) is 84.0 Å². The molecule has 4 bridgehead atoms. The van der Waals surface area contributed by atoms with Gasteiger partial charge in [-0.2, -0.15) is 0 Å². The average Bonchev–Trinajstić information content (AvgIpc) is 2.74. The van der Waals surface area contributed by atoms with Crippen LogP contribution in [0.2, 0.25) is 0 Å². The minimum atomic E-state index is 0.920. The first-order valence-electron chi connectivity index (χ1n) is 9.59. The monoisotopic (exact) mass is 356 g/mol. The molecule has 4 aliphatic carbocycles. The molecule has 0 amide bonds. The fraction of sp³-hybridized carbons (Fsp3) is 0.143. The highest BCUT2D eigenvalue weighted by Crippen LogP contribution is 2.21. The van der Waals surface area contributed by atoms with E-state index in [9.17, 15) is 0 Å². The Morgan fingerprint density at radius 3 is 1.89 bits per heavy atom. The highest BCUT2D eigenvalue weighted by atomic mass is 14.1. The Hall–Kier alpha value is -3.66. The van der Waals surface area contributed by atoms with Crippen molar-refractivity contribution in [1.29, 1.82) is 0 Å². The zero-order valence-corrected chi connectivity index (χ0v) is 15.8. The Morgan fingerprint density at radius 2 is 1.21 bits per heavy atom. The summed E-state index contributed by atoms with van der Waals surface area (Å²) in [6.07, 6.45) is 9.54. The van der Waals surface area contributed by atoms with Crippen molar-refractivity contribution in [2.24, 2.45) is 0 Å². The molecule has 0 radical (unpaired) electrons. The second kappa shape index (κ2) is 8.35. The van der Waals surface area contributed by atoms with Gasteiger partial charge in [-0.25, -0.2) is 0 Å². The first kappa shape index (κ1) is 17.7. The van der Waals surface area contributed by atoms with Crippen molar-refractivity contribution in [1.82, 2.24) is 0 Å². The van der Waals surface area contributed by atoms with Crippen LogP contribution in [0.3, 0.4) is 0 Å². The molecule has 0 fully saturated rings. The normalized spacial score (nSPS) is 11.8. The zero-order chi connectivity index (χ0) is 19.2. The zero-order valence-electron chi connectivity index (χ0n) is 15.8. The molecule has 28 heavy (non-hydrogen) atoms. The summed E-state index contributed by atoms with van der Waals surface area (Å²) < 4.78 is 0. The average molecular weight is 356 g/mol. The van der Waals surface area contributed by atoms with Gasteiger partial charge in [0.1, 0.15) is 0 Å². The topological polar surface area (TPSA) is 0 Å². The second-order valence-corrected chi connectivity index (χ2v) is 6.99. The standard InChI is InChI=1S/C28H20/c1-2-25-20-23-12-13-24-15-17-27(19-18-26(25)16-14-23)28(21-24)11-7-6-10-22-8-4-3-5-9-22/h1,3-5,8-9,14-17,20-21H,12-13,18-19H2. The molecule has 0 heteroatoms. The van der Waals surface area contributed by atoms with E-state index in [4.69, 9.17) is 6.42 Å². The summed E-state index contributed by atoms with van der Waals surface area (Å²) >= 11 is 0. The summed E-state index contributed by atoms with van der Waals surface area (Å²) in [5, 5.41) is 0. The molecule has 3 aromatic carbocycles. The maximum Gasteiger partial charge on any atom is 0.0290 e. The Labute approximate surface area is 167 Å². The molecule has 0 aliphatic heterocycles. The van der Waals surface area contributed by atoms with Crippen LogP contribution in [0, 0.1) is 36.0 Å². The third-order valence-corrected chi connectivity index (χ3v) is 5.11. The molecular weight excluding hydrogens is 336 g/mol. The van der Waals surface area contributed by atoms with Crippen molar-refractivity contribution in [2.45, 2.75) is 25.7 Å². The lowest BCUT2D eigenvalue weighted by atomic mass is 9.91.